The second-order valence-electron chi connectivity index (χ2n) is 4.80. The minimum Gasteiger partial charge on any atom is -0.0851 e. The van der Waals surface area contributed by atoms with E-state index < -0.39 is 0 Å². The van der Waals surface area contributed by atoms with Gasteiger partial charge in [-0.1, -0.05) is 42.0 Å². The van der Waals surface area contributed by atoms with Crippen molar-refractivity contribution < 1.29 is 0 Å². The summed E-state index contributed by atoms with van der Waals surface area (Å²) in [5.74, 6) is 2.53. The fourth-order valence-electron chi connectivity index (χ4n) is 3.06. The van der Waals surface area contributed by atoms with Crippen LogP contribution in [0.25, 0.3) is 0 Å². The van der Waals surface area contributed by atoms with E-state index in [1.807, 2.05) is 0 Å². The van der Waals surface area contributed by atoms with E-state index in [-0.39, 0.29) is 0 Å². The van der Waals surface area contributed by atoms with E-state index in [4.69, 9.17) is 0 Å². The Labute approximate surface area is 85.6 Å². The van der Waals surface area contributed by atoms with Crippen LogP contribution in [-0.4, -0.2) is 0 Å². The van der Waals surface area contributed by atoms with Gasteiger partial charge in [0, 0.05) is 0 Å². The number of aryl methyl sites for hydroxylation is 1. The molecule has 0 N–H and O–H groups in total. The van der Waals surface area contributed by atoms with Gasteiger partial charge in [-0.05, 0) is 43.1 Å². The van der Waals surface area contributed by atoms with Crippen LogP contribution in [0.4, 0.5) is 0 Å². The first-order chi connectivity index (χ1) is 6.83. The fraction of sp³-hybridized carbons (Fsp3) is 0.429. The lowest BCUT2D eigenvalue weighted by Crippen LogP contribution is -2.04. The lowest BCUT2D eigenvalue weighted by molar-refractivity contribution is 0.585. The molecular formula is C14H16. The molecule has 14 heavy (non-hydrogen) atoms. The average Bonchev–Trinajstić information content (AvgIpc) is 2.78. The molecule has 72 valence electrons. The van der Waals surface area contributed by atoms with E-state index in [9.17, 15) is 0 Å². The normalized spacial score (nSPS) is 33.9. The Morgan fingerprint density at radius 3 is 2.71 bits per heavy atom. The summed E-state index contributed by atoms with van der Waals surface area (Å²) in [6.45, 7) is 2.19. The van der Waals surface area contributed by atoms with Crippen LogP contribution in [0.15, 0.2) is 36.4 Å². The quantitative estimate of drug-likeness (QED) is 0.584. The van der Waals surface area contributed by atoms with Crippen LogP contribution in [0.1, 0.15) is 29.9 Å². The Morgan fingerprint density at radius 1 is 1.14 bits per heavy atom. The molecule has 0 spiro atoms. The Hall–Kier alpha value is -1.04. The molecule has 0 amide bonds. The first kappa shape index (κ1) is 8.28. The zero-order valence-electron chi connectivity index (χ0n) is 8.61. The molecule has 1 fully saturated rings. The molecule has 0 aromatic heterocycles. The molecule has 0 heterocycles. The number of hydrogen-bond donors (Lipinski definition) is 0. The first-order valence-corrected chi connectivity index (χ1v) is 5.58. The van der Waals surface area contributed by atoms with Gasteiger partial charge >= 0.3 is 0 Å². The Balaban J connectivity index is 1.93. The molecule has 2 bridgehead atoms. The van der Waals surface area contributed by atoms with Crippen molar-refractivity contribution in [2.45, 2.75) is 25.7 Å². The minimum atomic E-state index is 0.810. The van der Waals surface area contributed by atoms with Gasteiger partial charge in [0.1, 0.15) is 0 Å². The van der Waals surface area contributed by atoms with Crippen molar-refractivity contribution in [1.82, 2.24) is 0 Å². The van der Waals surface area contributed by atoms with Crippen LogP contribution in [0.2, 0.25) is 0 Å². The van der Waals surface area contributed by atoms with Crippen molar-refractivity contribution >= 4 is 0 Å². The molecule has 1 saturated carbocycles. The summed E-state index contributed by atoms with van der Waals surface area (Å²) < 4.78 is 0. The van der Waals surface area contributed by atoms with E-state index in [1.165, 1.54) is 18.4 Å². The van der Waals surface area contributed by atoms with Gasteiger partial charge in [-0.3, -0.25) is 0 Å². The number of allylic oxidation sites excluding steroid dienone is 2. The zero-order valence-corrected chi connectivity index (χ0v) is 8.61. The van der Waals surface area contributed by atoms with E-state index in [0.29, 0.717) is 0 Å². The maximum absolute atomic E-state index is 2.43. The van der Waals surface area contributed by atoms with E-state index in [0.717, 1.165) is 17.8 Å². The molecule has 3 rings (SSSR count). The van der Waals surface area contributed by atoms with Crippen molar-refractivity contribution in [3.8, 4) is 0 Å². The van der Waals surface area contributed by atoms with Gasteiger partial charge in [0.2, 0.25) is 0 Å². The molecule has 2 aliphatic carbocycles. The summed E-state index contributed by atoms with van der Waals surface area (Å²) >= 11 is 0. The van der Waals surface area contributed by atoms with Crippen molar-refractivity contribution in [3.05, 3.63) is 47.5 Å². The third-order valence-electron chi connectivity index (χ3n) is 3.75. The number of rotatable bonds is 1. The average molecular weight is 184 g/mol. The molecule has 3 unspecified atom stereocenters. The molecule has 0 radical (unpaired) electrons. The van der Waals surface area contributed by atoms with Gasteiger partial charge in [-0.25, -0.2) is 0 Å². The van der Waals surface area contributed by atoms with Crippen molar-refractivity contribution in [2.75, 3.05) is 0 Å². The topological polar surface area (TPSA) is 0 Å². The Kier molecular flexibility index (Phi) is 1.76. The van der Waals surface area contributed by atoms with E-state index in [1.54, 1.807) is 5.56 Å². The van der Waals surface area contributed by atoms with Crippen LogP contribution >= 0.6 is 0 Å². The lowest BCUT2D eigenvalue weighted by Gasteiger charge is -2.18. The third-order valence-corrected chi connectivity index (χ3v) is 3.75. The van der Waals surface area contributed by atoms with Crippen LogP contribution < -0.4 is 0 Å². The molecule has 1 aromatic carbocycles. The SMILES string of the molecule is Cc1cccc(C2CC3C=CC2C3)c1. The fourth-order valence-corrected chi connectivity index (χ4v) is 3.06. The maximum atomic E-state index is 2.43. The molecule has 2 aliphatic rings. The Bertz CT molecular complexity index is 375. The molecule has 0 heteroatoms. The molecule has 0 aliphatic heterocycles. The highest BCUT2D eigenvalue weighted by atomic mass is 14.4. The molecular weight excluding hydrogens is 168 g/mol. The smallest absolute Gasteiger partial charge is 0.00931 e. The first-order valence-electron chi connectivity index (χ1n) is 5.58. The summed E-state index contributed by atoms with van der Waals surface area (Å²) in [6, 6.07) is 9.04. The lowest BCUT2D eigenvalue weighted by atomic mass is 9.86. The maximum Gasteiger partial charge on any atom is -0.00931 e. The summed E-state index contributed by atoms with van der Waals surface area (Å²) in [5, 5.41) is 0. The number of benzene rings is 1. The molecule has 0 nitrogen and oxygen atoms in total. The second kappa shape index (κ2) is 2.98. The van der Waals surface area contributed by atoms with Crippen molar-refractivity contribution in [3.63, 3.8) is 0 Å². The summed E-state index contributed by atoms with van der Waals surface area (Å²) in [4.78, 5) is 0. The predicted octanol–water partition coefficient (Wildman–Crippen LogP) is 3.67. The molecule has 3 atom stereocenters. The number of hydrogen-bond acceptors (Lipinski definition) is 0. The van der Waals surface area contributed by atoms with Crippen LogP contribution in [0.3, 0.4) is 0 Å². The Morgan fingerprint density at radius 2 is 2.07 bits per heavy atom. The van der Waals surface area contributed by atoms with Crippen LogP contribution in [-0.2, 0) is 0 Å². The summed E-state index contributed by atoms with van der Waals surface area (Å²) in [5.41, 5.74) is 2.95. The highest BCUT2D eigenvalue weighted by Gasteiger charge is 2.36. The molecule has 0 saturated heterocycles. The van der Waals surface area contributed by atoms with Gasteiger partial charge < -0.3 is 0 Å². The van der Waals surface area contributed by atoms with Gasteiger partial charge in [0.15, 0.2) is 0 Å². The monoisotopic (exact) mass is 184 g/mol. The van der Waals surface area contributed by atoms with Crippen molar-refractivity contribution in [2.24, 2.45) is 11.8 Å². The highest BCUT2D eigenvalue weighted by molar-refractivity contribution is 5.30. The second-order valence-corrected chi connectivity index (χ2v) is 4.80. The zero-order chi connectivity index (χ0) is 9.54. The predicted molar refractivity (Wildman–Crippen MR) is 59.3 cm³/mol. The van der Waals surface area contributed by atoms with E-state index >= 15 is 0 Å². The van der Waals surface area contributed by atoms with Crippen LogP contribution in [0, 0.1) is 18.8 Å². The summed E-state index contributed by atoms with van der Waals surface area (Å²) in [6.07, 6.45) is 7.63. The van der Waals surface area contributed by atoms with Gasteiger partial charge in [-0.15, -0.1) is 0 Å². The van der Waals surface area contributed by atoms with Crippen LogP contribution in [0.5, 0.6) is 0 Å². The largest absolute Gasteiger partial charge is 0.0851 e. The van der Waals surface area contributed by atoms with Gasteiger partial charge in [-0.2, -0.15) is 0 Å². The summed E-state index contributed by atoms with van der Waals surface area (Å²) in [7, 11) is 0. The number of fused-ring (bicyclic) bond motifs is 2. The minimum absolute atomic E-state index is 0.810. The van der Waals surface area contributed by atoms with Gasteiger partial charge in [0.05, 0.1) is 0 Å². The van der Waals surface area contributed by atoms with Crippen molar-refractivity contribution in [1.29, 1.82) is 0 Å². The molecule has 1 aromatic rings. The third kappa shape index (κ3) is 1.21. The standard InChI is InChI=1S/C14H16/c1-10-3-2-4-12(7-10)14-9-11-5-6-13(14)8-11/h2-7,11,13-14H,8-9H2,1H3. The van der Waals surface area contributed by atoms with E-state index in [2.05, 4.69) is 43.3 Å². The highest BCUT2D eigenvalue weighted by Crippen LogP contribution is 2.48. The van der Waals surface area contributed by atoms with Gasteiger partial charge in [0.25, 0.3) is 0 Å².